The van der Waals surface area contributed by atoms with E-state index in [9.17, 15) is 13.6 Å². The Balaban J connectivity index is 1.41. The highest BCUT2D eigenvalue weighted by Gasteiger charge is 2.76. The topological polar surface area (TPSA) is 29.5 Å². The fourth-order valence-corrected chi connectivity index (χ4v) is 5.07. The number of benzene rings is 1. The predicted molar refractivity (Wildman–Crippen MR) is 74.7 cm³/mol. The van der Waals surface area contributed by atoms with Crippen molar-refractivity contribution in [1.29, 1.82) is 0 Å². The van der Waals surface area contributed by atoms with E-state index in [1.807, 2.05) is 29.2 Å². The molecular weight excluding hydrogens is 288 g/mol. The second-order valence-electron chi connectivity index (χ2n) is 7.46. The first-order chi connectivity index (χ1) is 10.5. The van der Waals surface area contributed by atoms with Gasteiger partial charge in [0.15, 0.2) is 0 Å². The molecule has 4 fully saturated rings. The lowest BCUT2D eigenvalue weighted by atomic mass is 9.35. The third kappa shape index (κ3) is 1.38. The van der Waals surface area contributed by atoms with Crippen molar-refractivity contribution in [1.82, 2.24) is 4.90 Å². The SMILES string of the molecule is O=C(N1C[C@@H]2C[C@H]1c1ccccc1O2)C12CC(C(F)F)(C1)C2. The number of carbonyl (C=O) groups excluding carboxylic acids is 1. The molecule has 0 unspecified atom stereocenters. The van der Waals surface area contributed by atoms with Crippen LogP contribution in [0.1, 0.15) is 37.3 Å². The quantitative estimate of drug-likeness (QED) is 0.840. The standard InChI is InChI=1S/C17H17F2NO2/c18-14(19)16-7-17(8-16,9-16)15(21)20-6-10-5-12(20)11-3-1-2-4-13(11)22-10/h1-4,10,12,14H,5-9H2/t10-,12-,16?,17?/m0/s1. The van der Waals surface area contributed by atoms with E-state index >= 15 is 0 Å². The number of ether oxygens (including phenoxy) is 1. The summed E-state index contributed by atoms with van der Waals surface area (Å²) in [6.45, 7) is 0.585. The van der Waals surface area contributed by atoms with Crippen molar-refractivity contribution in [3.05, 3.63) is 29.8 Å². The molecule has 6 rings (SSSR count). The lowest BCUT2D eigenvalue weighted by Crippen LogP contribution is -2.70. The molecular formula is C17H17F2NO2. The number of nitrogens with zero attached hydrogens (tertiary/aromatic N) is 1. The molecule has 2 heterocycles. The van der Waals surface area contributed by atoms with Crippen LogP contribution in [0.25, 0.3) is 0 Å². The van der Waals surface area contributed by atoms with Gasteiger partial charge in [-0.15, -0.1) is 0 Å². The van der Waals surface area contributed by atoms with Crippen molar-refractivity contribution in [2.75, 3.05) is 6.54 Å². The van der Waals surface area contributed by atoms with Crippen molar-refractivity contribution >= 4 is 5.91 Å². The van der Waals surface area contributed by atoms with E-state index in [2.05, 4.69) is 0 Å². The maximum Gasteiger partial charge on any atom is 0.244 e. The smallest absolute Gasteiger partial charge is 0.244 e. The Morgan fingerprint density at radius 2 is 2.00 bits per heavy atom. The fraction of sp³-hybridized carbons (Fsp3) is 0.588. The molecule has 1 aromatic rings. The first-order valence-corrected chi connectivity index (χ1v) is 7.88. The van der Waals surface area contributed by atoms with Gasteiger partial charge >= 0.3 is 0 Å². The van der Waals surface area contributed by atoms with Gasteiger partial charge in [0.05, 0.1) is 18.0 Å². The fourth-order valence-electron chi connectivity index (χ4n) is 5.07. The zero-order valence-corrected chi connectivity index (χ0v) is 12.1. The van der Waals surface area contributed by atoms with Crippen LogP contribution in [-0.2, 0) is 4.79 Å². The lowest BCUT2D eigenvalue weighted by Gasteiger charge is -2.69. The van der Waals surface area contributed by atoms with Crippen LogP contribution >= 0.6 is 0 Å². The Hall–Kier alpha value is -1.65. The third-order valence-corrected chi connectivity index (χ3v) is 6.08. The molecule has 1 aromatic carbocycles. The van der Waals surface area contributed by atoms with Crippen LogP contribution in [0.2, 0.25) is 0 Å². The van der Waals surface area contributed by atoms with Crippen molar-refractivity contribution in [2.45, 2.75) is 44.3 Å². The minimum Gasteiger partial charge on any atom is -0.488 e. The summed E-state index contributed by atoms with van der Waals surface area (Å²) in [4.78, 5) is 14.8. The number of rotatable bonds is 2. The van der Waals surface area contributed by atoms with Gasteiger partial charge in [-0.05, 0) is 25.3 Å². The van der Waals surface area contributed by atoms with E-state index in [4.69, 9.17) is 4.74 Å². The van der Waals surface area contributed by atoms with E-state index in [1.165, 1.54) is 0 Å². The molecule has 2 atom stereocenters. The number of hydrogen-bond donors (Lipinski definition) is 0. The van der Waals surface area contributed by atoms with Gasteiger partial charge in [0, 0.05) is 17.4 Å². The van der Waals surface area contributed by atoms with Crippen LogP contribution in [0.5, 0.6) is 5.75 Å². The van der Waals surface area contributed by atoms with Crippen molar-refractivity contribution in [2.24, 2.45) is 10.8 Å². The number of alkyl halides is 2. The highest BCUT2D eigenvalue weighted by molar-refractivity contribution is 5.87. The van der Waals surface area contributed by atoms with E-state index < -0.39 is 17.3 Å². The zero-order chi connectivity index (χ0) is 15.1. The Morgan fingerprint density at radius 3 is 2.73 bits per heavy atom. The lowest BCUT2D eigenvalue weighted by molar-refractivity contribution is -0.261. The first-order valence-electron chi connectivity index (χ1n) is 7.88. The molecule has 1 amide bonds. The Labute approximate surface area is 127 Å². The van der Waals surface area contributed by atoms with Crippen LogP contribution in [0.3, 0.4) is 0 Å². The summed E-state index contributed by atoms with van der Waals surface area (Å²) in [7, 11) is 0. The molecule has 0 radical (unpaired) electrons. The number of fused-ring (bicyclic) bond motifs is 4. The molecule has 3 nitrogen and oxygen atoms in total. The zero-order valence-electron chi connectivity index (χ0n) is 12.1. The highest BCUT2D eigenvalue weighted by atomic mass is 19.3. The first kappa shape index (κ1) is 12.9. The molecule has 5 heteroatoms. The number of carbonyl (C=O) groups is 1. The molecule has 2 aliphatic heterocycles. The van der Waals surface area contributed by atoms with Crippen molar-refractivity contribution in [3.8, 4) is 5.75 Å². The Kier molecular flexibility index (Phi) is 2.23. The summed E-state index contributed by atoms with van der Waals surface area (Å²) >= 11 is 0. The Morgan fingerprint density at radius 1 is 1.27 bits per heavy atom. The van der Waals surface area contributed by atoms with Crippen LogP contribution < -0.4 is 4.74 Å². The molecule has 0 N–H and O–H groups in total. The van der Waals surface area contributed by atoms with Gasteiger partial charge in [-0.2, -0.15) is 0 Å². The molecule has 3 saturated carbocycles. The third-order valence-electron chi connectivity index (χ3n) is 6.08. The molecule has 3 aliphatic carbocycles. The number of likely N-dealkylation sites (tertiary alicyclic amines) is 1. The largest absolute Gasteiger partial charge is 0.488 e. The van der Waals surface area contributed by atoms with Crippen LogP contribution in [0, 0.1) is 10.8 Å². The predicted octanol–water partition coefficient (Wildman–Crippen LogP) is 3.16. The normalized spacial score (nSPS) is 40.6. The van der Waals surface area contributed by atoms with Crippen molar-refractivity contribution < 1.29 is 18.3 Å². The van der Waals surface area contributed by atoms with Crippen LogP contribution in [0.15, 0.2) is 24.3 Å². The monoisotopic (exact) mass is 305 g/mol. The van der Waals surface area contributed by atoms with Crippen molar-refractivity contribution in [3.63, 3.8) is 0 Å². The van der Waals surface area contributed by atoms with Gasteiger partial charge in [-0.25, -0.2) is 8.78 Å². The summed E-state index contributed by atoms with van der Waals surface area (Å²) in [5.74, 6) is 0.934. The maximum atomic E-state index is 13.0. The number of para-hydroxylation sites is 1. The summed E-state index contributed by atoms with van der Waals surface area (Å²) < 4.78 is 31.9. The number of hydrogen-bond acceptors (Lipinski definition) is 2. The van der Waals surface area contributed by atoms with E-state index in [-0.39, 0.29) is 18.1 Å². The minimum absolute atomic E-state index is 0.0419. The van der Waals surface area contributed by atoms with Gasteiger partial charge in [0.2, 0.25) is 12.3 Å². The van der Waals surface area contributed by atoms with Gasteiger partial charge in [0.1, 0.15) is 11.9 Å². The second-order valence-corrected chi connectivity index (χ2v) is 7.46. The van der Waals surface area contributed by atoms with Gasteiger partial charge < -0.3 is 9.64 Å². The molecule has 0 aromatic heterocycles. The van der Waals surface area contributed by atoms with Gasteiger partial charge in [0.25, 0.3) is 0 Å². The molecule has 5 aliphatic rings. The summed E-state index contributed by atoms with van der Waals surface area (Å²) in [5.41, 5.74) is -0.290. The molecule has 22 heavy (non-hydrogen) atoms. The Bertz CT molecular complexity index is 655. The summed E-state index contributed by atoms with van der Waals surface area (Å²) in [6.07, 6.45) is -0.324. The number of amides is 1. The molecule has 116 valence electrons. The average molecular weight is 305 g/mol. The van der Waals surface area contributed by atoms with Crippen LogP contribution in [-0.4, -0.2) is 29.9 Å². The summed E-state index contributed by atoms with van der Waals surface area (Å²) in [6, 6.07) is 7.89. The van der Waals surface area contributed by atoms with Gasteiger partial charge in [-0.3, -0.25) is 4.79 Å². The minimum atomic E-state index is -2.29. The highest BCUT2D eigenvalue weighted by Crippen LogP contribution is 2.76. The van der Waals surface area contributed by atoms with E-state index in [1.54, 1.807) is 0 Å². The van der Waals surface area contributed by atoms with E-state index in [0.717, 1.165) is 17.7 Å². The van der Waals surface area contributed by atoms with Crippen LogP contribution in [0.4, 0.5) is 8.78 Å². The number of halogens is 2. The average Bonchev–Trinajstić information content (AvgIpc) is 2.73. The van der Waals surface area contributed by atoms with E-state index in [0.29, 0.717) is 25.8 Å². The maximum absolute atomic E-state index is 13.0. The second kappa shape index (κ2) is 3.81. The van der Waals surface area contributed by atoms with Gasteiger partial charge in [-0.1, -0.05) is 18.2 Å². The summed E-state index contributed by atoms with van der Waals surface area (Å²) in [5, 5.41) is 0. The molecule has 0 spiro atoms. The molecule has 1 saturated heterocycles. The molecule has 4 bridgehead atoms.